The highest BCUT2D eigenvalue weighted by Gasteiger charge is 2.35. The van der Waals surface area contributed by atoms with E-state index in [-0.39, 0.29) is 23.8 Å². The number of ether oxygens (including phenoxy) is 1. The van der Waals surface area contributed by atoms with Crippen molar-refractivity contribution < 1.29 is 14.3 Å². The molecule has 5 nitrogen and oxygen atoms in total. The molecule has 0 aromatic heterocycles. The van der Waals surface area contributed by atoms with E-state index in [4.69, 9.17) is 4.74 Å². The lowest BCUT2D eigenvalue weighted by atomic mass is 9.95. The number of benzene rings is 2. The molecule has 2 aliphatic rings. The predicted molar refractivity (Wildman–Crippen MR) is 121 cm³/mol. The first-order valence-electron chi connectivity index (χ1n) is 11.1. The fourth-order valence-corrected chi connectivity index (χ4v) is 4.46. The van der Waals surface area contributed by atoms with Crippen LogP contribution in [0.1, 0.15) is 18.4 Å². The summed E-state index contributed by atoms with van der Waals surface area (Å²) >= 11 is 0. The van der Waals surface area contributed by atoms with Crippen LogP contribution in [0.4, 0.5) is 0 Å². The summed E-state index contributed by atoms with van der Waals surface area (Å²) < 4.78 is 5.61. The first kappa shape index (κ1) is 21.3. The highest BCUT2D eigenvalue weighted by molar-refractivity contribution is 5.84. The maximum absolute atomic E-state index is 13.2. The first-order chi connectivity index (χ1) is 15.2. The largest absolute Gasteiger partial charge is 0.368 e. The van der Waals surface area contributed by atoms with Gasteiger partial charge in [-0.05, 0) is 36.0 Å². The van der Waals surface area contributed by atoms with Crippen molar-refractivity contribution in [2.24, 2.45) is 5.92 Å². The number of carbonyl (C=O) groups excluding carboxylic acids is 2. The first-order valence-corrected chi connectivity index (χ1v) is 11.1. The van der Waals surface area contributed by atoms with E-state index in [0.717, 1.165) is 24.0 Å². The maximum Gasteiger partial charge on any atom is 0.251 e. The van der Waals surface area contributed by atoms with Gasteiger partial charge in [-0.25, -0.2) is 0 Å². The van der Waals surface area contributed by atoms with Crippen LogP contribution in [0, 0.1) is 5.92 Å². The second kappa shape index (κ2) is 9.92. The lowest BCUT2D eigenvalue weighted by Gasteiger charge is -2.25. The molecule has 2 heterocycles. The Bertz CT molecular complexity index is 904. The predicted octanol–water partition coefficient (Wildman–Crippen LogP) is 3.55. The van der Waals surface area contributed by atoms with Gasteiger partial charge in [0, 0.05) is 32.8 Å². The molecule has 2 aromatic carbocycles. The van der Waals surface area contributed by atoms with E-state index in [1.54, 1.807) is 6.08 Å². The number of rotatable bonds is 6. The van der Waals surface area contributed by atoms with Gasteiger partial charge in [0.1, 0.15) is 6.10 Å². The third-order valence-corrected chi connectivity index (χ3v) is 6.15. The minimum absolute atomic E-state index is 0.0233. The Hall–Kier alpha value is -2.92. The van der Waals surface area contributed by atoms with Crippen molar-refractivity contribution in [1.29, 1.82) is 0 Å². The fourth-order valence-electron chi connectivity index (χ4n) is 4.46. The second-order valence-corrected chi connectivity index (χ2v) is 8.32. The molecular formula is C26H30N2O3. The van der Waals surface area contributed by atoms with Gasteiger partial charge in [0.2, 0.25) is 5.91 Å². The van der Waals surface area contributed by atoms with E-state index in [1.165, 1.54) is 5.56 Å². The molecule has 0 bridgehead atoms. The number of carbonyl (C=O) groups is 2. The summed E-state index contributed by atoms with van der Waals surface area (Å²) in [5.74, 6) is -0.153. The molecule has 31 heavy (non-hydrogen) atoms. The minimum atomic E-state index is -0.355. The SMILES string of the molecule is C=CCN1CCN(C(=O)[C@@H]2CCCO2)C[C@H](Cc2ccc(-c3ccccc3)cc2)C1=O. The fraction of sp³-hybridized carbons (Fsp3) is 0.385. The molecule has 2 saturated heterocycles. The van der Waals surface area contributed by atoms with Crippen LogP contribution in [0.3, 0.4) is 0 Å². The molecule has 0 unspecified atom stereocenters. The summed E-state index contributed by atoms with van der Waals surface area (Å²) in [4.78, 5) is 29.9. The van der Waals surface area contributed by atoms with E-state index in [9.17, 15) is 9.59 Å². The van der Waals surface area contributed by atoms with Gasteiger partial charge >= 0.3 is 0 Å². The molecule has 2 aromatic rings. The van der Waals surface area contributed by atoms with Crippen LogP contribution in [-0.4, -0.2) is 60.5 Å². The molecule has 5 heteroatoms. The molecule has 0 saturated carbocycles. The summed E-state index contributed by atoms with van der Waals surface area (Å²) in [5, 5.41) is 0. The normalized spacial score (nSPS) is 21.7. The van der Waals surface area contributed by atoms with Gasteiger partial charge in [0.15, 0.2) is 0 Å². The third kappa shape index (κ3) is 5.05. The Labute approximate surface area is 184 Å². The van der Waals surface area contributed by atoms with Crippen LogP contribution in [-0.2, 0) is 20.7 Å². The van der Waals surface area contributed by atoms with Crippen LogP contribution < -0.4 is 0 Å². The van der Waals surface area contributed by atoms with Gasteiger partial charge in [0.25, 0.3) is 5.91 Å². The van der Waals surface area contributed by atoms with Gasteiger partial charge in [-0.2, -0.15) is 0 Å². The topological polar surface area (TPSA) is 49.9 Å². The highest BCUT2D eigenvalue weighted by atomic mass is 16.5. The van der Waals surface area contributed by atoms with E-state index in [1.807, 2.05) is 28.0 Å². The lowest BCUT2D eigenvalue weighted by molar-refractivity contribution is -0.141. The third-order valence-electron chi connectivity index (χ3n) is 6.15. The Kier molecular flexibility index (Phi) is 6.82. The Morgan fingerprint density at radius 1 is 1.06 bits per heavy atom. The van der Waals surface area contributed by atoms with Crippen molar-refractivity contribution in [3.8, 4) is 11.1 Å². The summed E-state index contributed by atoms with van der Waals surface area (Å²) in [6, 6.07) is 18.6. The van der Waals surface area contributed by atoms with Crippen LogP contribution in [0.25, 0.3) is 11.1 Å². The number of amides is 2. The molecule has 2 aliphatic heterocycles. The summed E-state index contributed by atoms with van der Waals surface area (Å²) in [7, 11) is 0. The van der Waals surface area contributed by atoms with Crippen molar-refractivity contribution in [3.63, 3.8) is 0 Å². The zero-order chi connectivity index (χ0) is 21.6. The molecule has 2 amide bonds. The van der Waals surface area contributed by atoms with Crippen LogP contribution in [0.5, 0.6) is 0 Å². The smallest absolute Gasteiger partial charge is 0.251 e. The number of hydrogen-bond donors (Lipinski definition) is 0. The van der Waals surface area contributed by atoms with Crippen molar-refractivity contribution >= 4 is 11.8 Å². The second-order valence-electron chi connectivity index (χ2n) is 8.32. The van der Waals surface area contributed by atoms with Gasteiger partial charge in [-0.1, -0.05) is 60.7 Å². The van der Waals surface area contributed by atoms with Gasteiger partial charge < -0.3 is 14.5 Å². The summed E-state index contributed by atoms with van der Waals surface area (Å²) in [5.41, 5.74) is 3.42. The van der Waals surface area contributed by atoms with Gasteiger partial charge in [-0.15, -0.1) is 6.58 Å². The van der Waals surface area contributed by atoms with E-state index >= 15 is 0 Å². The van der Waals surface area contributed by atoms with Gasteiger partial charge in [0.05, 0.1) is 5.92 Å². The quantitative estimate of drug-likeness (QED) is 0.674. The van der Waals surface area contributed by atoms with E-state index in [0.29, 0.717) is 39.2 Å². The molecule has 2 atom stereocenters. The Morgan fingerprint density at radius 3 is 2.48 bits per heavy atom. The van der Waals surface area contributed by atoms with Crippen LogP contribution in [0.15, 0.2) is 67.3 Å². The number of hydrogen-bond acceptors (Lipinski definition) is 3. The van der Waals surface area contributed by atoms with E-state index in [2.05, 4.69) is 43.0 Å². The van der Waals surface area contributed by atoms with Gasteiger partial charge in [-0.3, -0.25) is 9.59 Å². The van der Waals surface area contributed by atoms with Crippen LogP contribution in [0.2, 0.25) is 0 Å². The Balaban J connectivity index is 1.51. The van der Waals surface area contributed by atoms with Crippen molar-refractivity contribution in [3.05, 3.63) is 72.8 Å². The standard InChI is InChI=1S/C26H30N2O3/c1-2-14-27-15-16-28(26(30)24-9-6-17-31-24)19-23(25(27)29)18-20-10-12-22(13-11-20)21-7-4-3-5-8-21/h2-5,7-8,10-13,23-24H,1,6,9,14-19H2/t23-,24-/m0/s1. The Morgan fingerprint density at radius 2 is 1.81 bits per heavy atom. The van der Waals surface area contributed by atoms with Crippen LogP contribution >= 0.6 is 0 Å². The molecular weight excluding hydrogens is 388 g/mol. The average molecular weight is 419 g/mol. The van der Waals surface area contributed by atoms with Crippen molar-refractivity contribution in [2.75, 3.05) is 32.8 Å². The monoisotopic (exact) mass is 418 g/mol. The molecule has 0 aliphatic carbocycles. The zero-order valence-corrected chi connectivity index (χ0v) is 17.9. The van der Waals surface area contributed by atoms with Crippen molar-refractivity contribution in [1.82, 2.24) is 9.80 Å². The molecule has 0 radical (unpaired) electrons. The lowest BCUT2D eigenvalue weighted by Crippen LogP contribution is -2.42. The summed E-state index contributed by atoms with van der Waals surface area (Å²) in [6.07, 6.45) is 3.69. The van der Waals surface area contributed by atoms with E-state index < -0.39 is 0 Å². The molecule has 0 N–H and O–H groups in total. The molecule has 0 spiro atoms. The minimum Gasteiger partial charge on any atom is -0.368 e. The molecule has 2 fully saturated rings. The number of nitrogens with zero attached hydrogens (tertiary/aromatic N) is 2. The molecule has 162 valence electrons. The molecule has 4 rings (SSSR count). The summed E-state index contributed by atoms with van der Waals surface area (Å²) in [6.45, 7) is 6.45. The zero-order valence-electron chi connectivity index (χ0n) is 17.9. The maximum atomic E-state index is 13.2. The van der Waals surface area contributed by atoms with Crippen molar-refractivity contribution in [2.45, 2.75) is 25.4 Å². The average Bonchev–Trinajstić information content (AvgIpc) is 3.30. The highest BCUT2D eigenvalue weighted by Crippen LogP contribution is 2.23.